The van der Waals surface area contributed by atoms with Crippen LogP contribution in [0.4, 0.5) is 0 Å². The first-order valence-electron chi connectivity index (χ1n) is 14.1. The molecular formula is C28H53N3O4. The smallest absolute Gasteiger partial charge is 0.225 e. The Morgan fingerprint density at radius 1 is 1.00 bits per heavy atom. The standard InChI is InChI=1S/C24H44N2O3.C4H9NO/c1-4-13-25-14-9-24(10-15-25)11-16-26(17-12-24)22(28)18-20(2)29-19-23(3)7-5-21(27)6-8-23;1-3(2)4(5)6/h20-21,27H,4-19H2,1-3H3;3H,1-2H3,(H2,5,6). The molecule has 0 aromatic carbocycles. The van der Waals surface area contributed by atoms with Gasteiger partial charge in [-0.3, -0.25) is 9.59 Å². The van der Waals surface area contributed by atoms with Crippen molar-refractivity contribution < 1.29 is 19.4 Å². The summed E-state index contributed by atoms with van der Waals surface area (Å²) in [6, 6.07) is 0. The highest BCUT2D eigenvalue weighted by Gasteiger charge is 2.38. The van der Waals surface area contributed by atoms with Crippen LogP contribution in [0.25, 0.3) is 0 Å². The summed E-state index contributed by atoms with van der Waals surface area (Å²) < 4.78 is 6.09. The molecule has 1 spiro atoms. The number of rotatable bonds is 8. The highest BCUT2D eigenvalue weighted by molar-refractivity contribution is 5.76. The van der Waals surface area contributed by atoms with Gasteiger partial charge in [-0.25, -0.2) is 0 Å². The molecule has 3 fully saturated rings. The Bertz CT molecular complexity index is 643. The Hall–Kier alpha value is -1.18. The Morgan fingerprint density at radius 2 is 1.51 bits per heavy atom. The van der Waals surface area contributed by atoms with Crippen molar-refractivity contribution in [2.75, 3.05) is 39.3 Å². The molecule has 0 bridgehead atoms. The summed E-state index contributed by atoms with van der Waals surface area (Å²) in [4.78, 5) is 27.4. The van der Waals surface area contributed by atoms with Crippen molar-refractivity contribution in [2.45, 2.75) is 111 Å². The zero-order valence-corrected chi connectivity index (χ0v) is 23.2. The topological polar surface area (TPSA) is 96.1 Å². The van der Waals surface area contributed by atoms with Crippen molar-refractivity contribution in [1.82, 2.24) is 9.80 Å². The fraction of sp³-hybridized carbons (Fsp3) is 0.929. The fourth-order valence-corrected chi connectivity index (χ4v) is 5.52. The maximum atomic E-state index is 12.8. The summed E-state index contributed by atoms with van der Waals surface area (Å²) in [6.07, 6.45) is 10.3. The Kier molecular flexibility index (Phi) is 12.0. The molecule has 3 rings (SSSR count). The summed E-state index contributed by atoms with van der Waals surface area (Å²) >= 11 is 0. The Morgan fingerprint density at radius 3 is 2.00 bits per heavy atom. The maximum absolute atomic E-state index is 12.8. The fourth-order valence-electron chi connectivity index (χ4n) is 5.52. The second-order valence-electron chi connectivity index (χ2n) is 12.1. The lowest BCUT2D eigenvalue weighted by atomic mass is 9.71. The first-order chi connectivity index (χ1) is 16.5. The highest BCUT2D eigenvalue weighted by Crippen LogP contribution is 2.41. The third-order valence-corrected chi connectivity index (χ3v) is 8.54. The second-order valence-corrected chi connectivity index (χ2v) is 12.1. The number of piperidine rings is 2. The van der Waals surface area contributed by atoms with Crippen LogP contribution in [0.15, 0.2) is 0 Å². The van der Waals surface area contributed by atoms with Gasteiger partial charge in [-0.15, -0.1) is 0 Å². The number of likely N-dealkylation sites (tertiary alicyclic amines) is 2. The van der Waals surface area contributed by atoms with E-state index in [0.29, 0.717) is 18.4 Å². The van der Waals surface area contributed by atoms with Crippen LogP contribution in [0.5, 0.6) is 0 Å². The zero-order chi connectivity index (χ0) is 26.1. The van der Waals surface area contributed by atoms with E-state index in [4.69, 9.17) is 10.5 Å². The molecule has 1 aliphatic carbocycles. The predicted octanol–water partition coefficient (Wildman–Crippen LogP) is 3.97. The van der Waals surface area contributed by atoms with Gasteiger partial charge in [0.05, 0.1) is 25.2 Å². The van der Waals surface area contributed by atoms with Crippen molar-refractivity contribution in [3.8, 4) is 0 Å². The Labute approximate surface area is 214 Å². The molecule has 7 nitrogen and oxygen atoms in total. The minimum Gasteiger partial charge on any atom is -0.393 e. The number of aliphatic hydroxyl groups excluding tert-OH is 1. The molecule has 1 saturated carbocycles. The van der Waals surface area contributed by atoms with Gasteiger partial charge in [0.25, 0.3) is 0 Å². The third kappa shape index (κ3) is 10.0. The van der Waals surface area contributed by atoms with Crippen molar-refractivity contribution in [1.29, 1.82) is 0 Å². The van der Waals surface area contributed by atoms with Crippen molar-refractivity contribution in [3.63, 3.8) is 0 Å². The van der Waals surface area contributed by atoms with E-state index in [1.54, 1.807) is 13.8 Å². The van der Waals surface area contributed by atoms with E-state index >= 15 is 0 Å². The van der Waals surface area contributed by atoms with E-state index in [2.05, 4.69) is 23.6 Å². The molecule has 2 aliphatic heterocycles. The SMILES string of the molecule is CC(C)C(N)=O.CCCN1CCC2(CC1)CCN(C(=O)CC(C)OCC1(C)CCC(O)CC1)CC2. The zero-order valence-electron chi connectivity index (χ0n) is 23.2. The monoisotopic (exact) mass is 495 g/mol. The number of ether oxygens (including phenoxy) is 1. The molecule has 1 unspecified atom stereocenters. The van der Waals surface area contributed by atoms with Crippen LogP contribution in [-0.4, -0.2) is 78.3 Å². The van der Waals surface area contributed by atoms with Crippen LogP contribution < -0.4 is 5.73 Å². The van der Waals surface area contributed by atoms with E-state index in [1.165, 1.54) is 51.7 Å². The molecule has 1 atom stereocenters. The lowest BCUT2D eigenvalue weighted by molar-refractivity contribution is -0.137. The third-order valence-electron chi connectivity index (χ3n) is 8.54. The number of carbonyl (C=O) groups is 2. The second kappa shape index (κ2) is 13.9. The summed E-state index contributed by atoms with van der Waals surface area (Å²) in [7, 11) is 0. The lowest BCUT2D eigenvalue weighted by Crippen LogP contribution is -2.48. The highest BCUT2D eigenvalue weighted by atomic mass is 16.5. The summed E-state index contributed by atoms with van der Waals surface area (Å²) in [5.74, 6) is 0.0139. The van der Waals surface area contributed by atoms with Crippen LogP contribution >= 0.6 is 0 Å². The van der Waals surface area contributed by atoms with E-state index in [9.17, 15) is 14.7 Å². The molecule has 3 aliphatic rings. The van der Waals surface area contributed by atoms with Crippen LogP contribution in [0, 0.1) is 16.7 Å². The minimum atomic E-state index is -0.241. The van der Waals surface area contributed by atoms with Crippen molar-refractivity contribution in [3.05, 3.63) is 0 Å². The van der Waals surface area contributed by atoms with Gasteiger partial charge in [-0.2, -0.15) is 0 Å². The molecule has 2 saturated heterocycles. The number of nitrogens with two attached hydrogens (primary N) is 1. The average Bonchev–Trinajstić information content (AvgIpc) is 2.82. The number of primary amides is 1. The van der Waals surface area contributed by atoms with Crippen LogP contribution in [-0.2, 0) is 14.3 Å². The average molecular weight is 496 g/mol. The van der Waals surface area contributed by atoms with Crippen LogP contribution in [0.3, 0.4) is 0 Å². The van der Waals surface area contributed by atoms with E-state index in [1.807, 2.05) is 6.92 Å². The normalized spacial score (nSPS) is 27.9. The summed E-state index contributed by atoms with van der Waals surface area (Å²) in [6.45, 7) is 16.3. The first kappa shape index (κ1) is 30.0. The van der Waals surface area contributed by atoms with Crippen LogP contribution in [0.2, 0.25) is 0 Å². The molecule has 0 aromatic rings. The van der Waals surface area contributed by atoms with Gasteiger partial charge in [0.2, 0.25) is 11.8 Å². The molecule has 2 heterocycles. The van der Waals surface area contributed by atoms with Gasteiger partial charge >= 0.3 is 0 Å². The molecule has 35 heavy (non-hydrogen) atoms. The molecule has 2 amide bonds. The number of nitrogens with zero attached hydrogens (tertiary/aromatic N) is 2. The summed E-state index contributed by atoms with van der Waals surface area (Å²) in [5.41, 5.74) is 5.44. The van der Waals surface area contributed by atoms with Gasteiger partial charge in [-0.1, -0.05) is 27.7 Å². The number of amides is 2. The van der Waals surface area contributed by atoms with Crippen molar-refractivity contribution >= 4 is 11.8 Å². The quantitative estimate of drug-likeness (QED) is 0.531. The van der Waals surface area contributed by atoms with Gasteiger partial charge in [0.1, 0.15) is 0 Å². The lowest BCUT2D eigenvalue weighted by Gasteiger charge is -2.47. The first-order valence-corrected chi connectivity index (χ1v) is 14.1. The number of hydrogen-bond donors (Lipinski definition) is 2. The number of aliphatic hydroxyl groups is 1. The molecule has 3 N–H and O–H groups in total. The minimum absolute atomic E-state index is 0.00926. The number of carbonyl (C=O) groups excluding carboxylic acids is 2. The molecule has 204 valence electrons. The molecular weight excluding hydrogens is 442 g/mol. The van der Waals surface area contributed by atoms with Gasteiger partial charge in [0, 0.05) is 19.0 Å². The largest absolute Gasteiger partial charge is 0.393 e. The predicted molar refractivity (Wildman–Crippen MR) is 141 cm³/mol. The van der Waals surface area contributed by atoms with Crippen LogP contribution in [0.1, 0.15) is 98.8 Å². The van der Waals surface area contributed by atoms with E-state index in [-0.39, 0.29) is 35.4 Å². The molecule has 7 heteroatoms. The molecule has 0 aromatic heterocycles. The number of hydrogen-bond acceptors (Lipinski definition) is 5. The molecule has 0 radical (unpaired) electrons. The van der Waals surface area contributed by atoms with E-state index < -0.39 is 0 Å². The van der Waals surface area contributed by atoms with Crippen molar-refractivity contribution in [2.24, 2.45) is 22.5 Å². The Balaban J connectivity index is 0.000000641. The maximum Gasteiger partial charge on any atom is 0.225 e. The van der Waals surface area contributed by atoms with E-state index in [0.717, 1.165) is 38.8 Å². The van der Waals surface area contributed by atoms with Gasteiger partial charge < -0.3 is 25.4 Å². The van der Waals surface area contributed by atoms with Gasteiger partial charge in [0.15, 0.2) is 0 Å². The summed E-state index contributed by atoms with van der Waals surface area (Å²) in [5, 5.41) is 9.72. The van der Waals surface area contributed by atoms with Gasteiger partial charge in [-0.05, 0) is 95.2 Å².